The van der Waals surface area contributed by atoms with Crippen LogP contribution in [-0.4, -0.2) is 22.3 Å². The average molecular weight is 343 g/mol. The van der Waals surface area contributed by atoms with Crippen molar-refractivity contribution < 1.29 is 9.53 Å². The van der Waals surface area contributed by atoms with Gasteiger partial charge in [0.05, 0.1) is 0 Å². The molecule has 0 radical (unpaired) electrons. The summed E-state index contributed by atoms with van der Waals surface area (Å²) in [5.74, 6) is -0.249. The van der Waals surface area contributed by atoms with Gasteiger partial charge in [-0.15, -0.1) is 0 Å². The second-order valence-electron chi connectivity index (χ2n) is 5.48. The number of rotatable bonds is 1. The highest BCUT2D eigenvalue weighted by Gasteiger charge is 2.59. The van der Waals surface area contributed by atoms with Crippen LogP contribution in [0.3, 0.4) is 0 Å². The number of carbonyl (C=O) groups is 1. The van der Waals surface area contributed by atoms with Gasteiger partial charge < -0.3 is 4.74 Å². The number of aliphatic imine (C=N–C) groups is 1. The van der Waals surface area contributed by atoms with E-state index >= 15 is 0 Å². The lowest BCUT2D eigenvalue weighted by Gasteiger charge is -2.50. The summed E-state index contributed by atoms with van der Waals surface area (Å²) in [5.41, 5.74) is -0.589. The third kappa shape index (κ3) is 1.84. The monoisotopic (exact) mass is 341 g/mol. The molecule has 0 unspecified atom stereocenters. The highest BCUT2D eigenvalue weighted by molar-refractivity contribution is 9.10. The largest absolute Gasteiger partial charge is 0.449 e. The van der Waals surface area contributed by atoms with Crippen LogP contribution in [0.2, 0.25) is 0 Å². The molecule has 3 nitrogen and oxygen atoms in total. The molecule has 4 rings (SSSR count). The number of carbonyl (C=O) groups excluding carboxylic acids is 1. The molecule has 19 heavy (non-hydrogen) atoms. The third-order valence-electron chi connectivity index (χ3n) is 4.04. The number of nitrogens with zero attached hydrogens (tertiary/aromatic N) is 1. The van der Waals surface area contributed by atoms with E-state index in [1.807, 2.05) is 31.2 Å². The summed E-state index contributed by atoms with van der Waals surface area (Å²) in [4.78, 5) is 16.3. The fourth-order valence-electron chi connectivity index (χ4n) is 2.78. The molecule has 0 saturated carbocycles. The van der Waals surface area contributed by atoms with Crippen LogP contribution >= 0.6 is 27.5 Å². The fraction of sp³-hybridized carbons (Fsp3) is 0.429. The molecule has 1 fully saturated rings. The normalized spacial score (nSPS) is 36.9. The Labute approximate surface area is 125 Å². The highest BCUT2D eigenvalue weighted by atomic mass is 79.9. The molecule has 0 spiro atoms. The van der Waals surface area contributed by atoms with Crippen molar-refractivity contribution in [2.45, 2.75) is 37.3 Å². The van der Waals surface area contributed by atoms with Gasteiger partial charge in [0.25, 0.3) is 0 Å². The van der Waals surface area contributed by atoms with E-state index in [1.165, 1.54) is 0 Å². The molecule has 5 heteroatoms. The van der Waals surface area contributed by atoms with Crippen LogP contribution in [0.25, 0.3) is 0 Å². The van der Waals surface area contributed by atoms with Gasteiger partial charge in [-0.3, -0.25) is 4.99 Å². The van der Waals surface area contributed by atoms with Crippen LogP contribution < -0.4 is 0 Å². The molecule has 0 N–H and O–H groups in total. The van der Waals surface area contributed by atoms with Gasteiger partial charge in [0.2, 0.25) is 0 Å². The molecule has 1 aromatic rings. The molecule has 1 aromatic carbocycles. The second kappa shape index (κ2) is 4.06. The highest BCUT2D eigenvalue weighted by Crippen LogP contribution is 2.50. The molecule has 2 bridgehead atoms. The molecule has 3 heterocycles. The number of hydrogen-bond acceptors (Lipinski definition) is 3. The summed E-state index contributed by atoms with van der Waals surface area (Å²) < 4.78 is 6.59. The summed E-state index contributed by atoms with van der Waals surface area (Å²) >= 11 is 9.67. The first-order chi connectivity index (χ1) is 8.85. The molecule has 0 amide bonds. The lowest BCUT2D eigenvalue weighted by atomic mass is 9.70. The van der Waals surface area contributed by atoms with Gasteiger partial charge in [0.15, 0.2) is 11.1 Å². The summed E-state index contributed by atoms with van der Waals surface area (Å²) in [5, 5.41) is 0.383. The first kappa shape index (κ1) is 13.1. The molecular formula is C14H13BrClNO2. The molecule has 100 valence electrons. The lowest BCUT2D eigenvalue weighted by Crippen LogP contribution is -2.60. The van der Waals surface area contributed by atoms with Gasteiger partial charge >= 0.3 is 5.97 Å². The molecule has 0 aliphatic carbocycles. The van der Waals surface area contributed by atoms with Crippen molar-refractivity contribution in [2.24, 2.45) is 4.99 Å². The third-order valence-corrected chi connectivity index (χ3v) is 5.03. The van der Waals surface area contributed by atoms with E-state index in [1.54, 1.807) is 6.92 Å². The van der Waals surface area contributed by atoms with Crippen molar-refractivity contribution in [3.8, 4) is 0 Å². The number of benzene rings is 1. The van der Waals surface area contributed by atoms with Crippen molar-refractivity contribution in [3.63, 3.8) is 0 Å². The summed E-state index contributed by atoms with van der Waals surface area (Å²) in [7, 11) is 0. The number of halogens is 2. The number of hydrogen-bond donors (Lipinski definition) is 0. The maximum absolute atomic E-state index is 12.0. The lowest BCUT2D eigenvalue weighted by molar-refractivity contribution is -0.170. The van der Waals surface area contributed by atoms with Gasteiger partial charge in [-0.05, 0) is 38.0 Å². The van der Waals surface area contributed by atoms with Gasteiger partial charge in [0, 0.05) is 10.4 Å². The zero-order valence-electron chi connectivity index (χ0n) is 10.6. The minimum atomic E-state index is -0.855. The van der Waals surface area contributed by atoms with E-state index in [0.29, 0.717) is 11.6 Å². The van der Waals surface area contributed by atoms with E-state index < -0.39 is 11.1 Å². The zero-order chi connectivity index (χ0) is 13.8. The molecule has 3 aliphatic heterocycles. The minimum Gasteiger partial charge on any atom is -0.449 e. The van der Waals surface area contributed by atoms with Crippen LogP contribution in [0.15, 0.2) is 33.7 Å². The standard InChI is InChI=1S/C14H13BrClNO2/c1-13-7-10(8-3-5-9(15)6-4-8)14(2,11(16)17-13)19-12(13)18/h3-6,10H,7H2,1-2H3/t10-,13-,14-/m0/s1. The van der Waals surface area contributed by atoms with Crippen molar-refractivity contribution in [2.75, 3.05) is 0 Å². The maximum Gasteiger partial charge on any atom is 0.334 e. The second-order valence-corrected chi connectivity index (χ2v) is 6.75. The van der Waals surface area contributed by atoms with E-state index in [9.17, 15) is 4.79 Å². The Bertz CT molecular complexity index is 586. The topological polar surface area (TPSA) is 38.7 Å². The van der Waals surface area contributed by atoms with Crippen molar-refractivity contribution in [3.05, 3.63) is 34.3 Å². The van der Waals surface area contributed by atoms with Crippen LogP contribution in [0.4, 0.5) is 0 Å². The number of ether oxygens (including phenoxy) is 1. The molecular weight excluding hydrogens is 330 g/mol. The van der Waals surface area contributed by atoms with Gasteiger partial charge in [0.1, 0.15) is 5.17 Å². The Morgan fingerprint density at radius 1 is 1.37 bits per heavy atom. The first-order valence-corrected chi connectivity index (χ1v) is 7.27. The van der Waals surface area contributed by atoms with Crippen LogP contribution in [0.1, 0.15) is 31.7 Å². The Hall–Kier alpha value is -0.870. The minimum absolute atomic E-state index is 0.0355. The quantitative estimate of drug-likeness (QED) is 0.731. The summed E-state index contributed by atoms with van der Waals surface area (Å²) in [6, 6.07) is 8.02. The van der Waals surface area contributed by atoms with Gasteiger partial charge in [-0.1, -0.05) is 39.7 Å². The number of fused-ring (bicyclic) bond motifs is 2. The summed E-state index contributed by atoms with van der Waals surface area (Å²) in [6.45, 7) is 3.62. The van der Waals surface area contributed by atoms with Crippen molar-refractivity contribution in [1.29, 1.82) is 0 Å². The van der Waals surface area contributed by atoms with Crippen molar-refractivity contribution >= 4 is 38.7 Å². The Morgan fingerprint density at radius 2 is 2.00 bits per heavy atom. The van der Waals surface area contributed by atoms with Gasteiger partial charge in [-0.2, -0.15) is 0 Å². The Balaban J connectivity index is 2.08. The fourth-order valence-corrected chi connectivity index (χ4v) is 3.41. The first-order valence-electron chi connectivity index (χ1n) is 6.10. The predicted molar refractivity (Wildman–Crippen MR) is 77.7 cm³/mol. The van der Waals surface area contributed by atoms with E-state index in [2.05, 4.69) is 20.9 Å². The van der Waals surface area contributed by atoms with Gasteiger partial charge in [-0.25, -0.2) is 4.79 Å². The smallest absolute Gasteiger partial charge is 0.334 e. The average Bonchev–Trinajstić information content (AvgIpc) is 2.34. The predicted octanol–water partition coefficient (Wildman–Crippen LogP) is 3.65. The Kier molecular flexibility index (Phi) is 2.81. The van der Waals surface area contributed by atoms with Crippen LogP contribution in [-0.2, 0) is 9.53 Å². The molecule has 0 aromatic heterocycles. The van der Waals surface area contributed by atoms with Crippen molar-refractivity contribution in [1.82, 2.24) is 0 Å². The van der Waals surface area contributed by atoms with Crippen LogP contribution in [0, 0.1) is 0 Å². The SMILES string of the molecule is C[C@]12C[C@@H](c3ccc(Br)cc3)[C@](C)(OC1=O)C(Cl)=N2. The molecule has 1 saturated heterocycles. The van der Waals surface area contributed by atoms with E-state index in [4.69, 9.17) is 16.3 Å². The maximum atomic E-state index is 12.0. The van der Waals surface area contributed by atoms with E-state index in [0.717, 1.165) is 10.0 Å². The molecule has 3 aliphatic rings. The number of esters is 1. The summed E-state index contributed by atoms with van der Waals surface area (Å²) in [6.07, 6.45) is 0.625. The van der Waals surface area contributed by atoms with E-state index in [-0.39, 0.29) is 11.9 Å². The zero-order valence-corrected chi connectivity index (χ0v) is 13.0. The molecule has 3 atom stereocenters. The Morgan fingerprint density at radius 3 is 2.63 bits per heavy atom. The van der Waals surface area contributed by atoms with Crippen LogP contribution in [0.5, 0.6) is 0 Å².